The van der Waals surface area contributed by atoms with Crippen molar-refractivity contribution in [2.24, 2.45) is 0 Å². The molecule has 0 aliphatic carbocycles. The van der Waals surface area contributed by atoms with Crippen molar-refractivity contribution in [3.8, 4) is 11.3 Å². The minimum absolute atomic E-state index is 0.103. The molecule has 0 unspecified atom stereocenters. The zero-order valence-corrected chi connectivity index (χ0v) is 13.3. The van der Waals surface area contributed by atoms with Gasteiger partial charge in [0.1, 0.15) is 23.0 Å². The molecule has 0 saturated heterocycles. The van der Waals surface area contributed by atoms with Gasteiger partial charge < -0.3 is 5.32 Å². The van der Waals surface area contributed by atoms with E-state index in [1.165, 1.54) is 12.1 Å². The van der Waals surface area contributed by atoms with E-state index in [-0.39, 0.29) is 11.4 Å². The van der Waals surface area contributed by atoms with E-state index in [4.69, 9.17) is 4.98 Å². The molecule has 3 rings (SSSR count). The first kappa shape index (κ1) is 14.6. The van der Waals surface area contributed by atoms with Crippen LogP contribution in [0.2, 0.25) is 0 Å². The number of hydrogen-bond acceptors (Lipinski definition) is 2. The van der Waals surface area contributed by atoms with E-state index >= 15 is 0 Å². The Morgan fingerprint density at radius 3 is 2.41 bits per heavy atom. The van der Waals surface area contributed by atoms with Crippen LogP contribution in [-0.4, -0.2) is 14.9 Å². The number of rotatable bonds is 2. The molecule has 1 aromatic carbocycles. The Hall–Kier alpha value is -2.36. The number of aromatic nitrogens is 2. The molecule has 3 aromatic rings. The summed E-state index contributed by atoms with van der Waals surface area (Å²) in [5.74, 6) is 0.687. The third kappa shape index (κ3) is 2.69. The molecule has 0 radical (unpaired) electrons. The normalized spacial score (nSPS) is 11.9. The lowest BCUT2D eigenvalue weighted by Crippen LogP contribution is -2.27. The van der Waals surface area contributed by atoms with E-state index in [9.17, 15) is 4.39 Å². The zero-order chi connectivity index (χ0) is 15.9. The summed E-state index contributed by atoms with van der Waals surface area (Å²) < 4.78 is 15.3. The van der Waals surface area contributed by atoms with Crippen LogP contribution in [0.15, 0.2) is 42.6 Å². The molecular formula is C18H20FN3. The van der Waals surface area contributed by atoms with Gasteiger partial charge >= 0.3 is 0 Å². The number of imidazole rings is 1. The molecule has 2 aromatic heterocycles. The van der Waals surface area contributed by atoms with E-state index in [0.29, 0.717) is 0 Å². The third-order valence-electron chi connectivity index (χ3n) is 3.46. The van der Waals surface area contributed by atoms with Gasteiger partial charge in [-0.3, -0.25) is 4.40 Å². The van der Waals surface area contributed by atoms with Crippen LogP contribution >= 0.6 is 0 Å². The Kier molecular flexibility index (Phi) is 3.39. The van der Waals surface area contributed by atoms with Crippen molar-refractivity contribution in [1.29, 1.82) is 0 Å². The quantitative estimate of drug-likeness (QED) is 0.745. The van der Waals surface area contributed by atoms with Crippen LogP contribution in [0.3, 0.4) is 0 Å². The largest absolute Gasteiger partial charge is 0.365 e. The molecule has 0 fully saturated rings. The first-order valence-corrected chi connectivity index (χ1v) is 7.37. The highest BCUT2D eigenvalue weighted by atomic mass is 19.1. The fourth-order valence-electron chi connectivity index (χ4n) is 2.49. The van der Waals surface area contributed by atoms with Crippen molar-refractivity contribution in [2.45, 2.75) is 33.2 Å². The number of pyridine rings is 1. The molecule has 0 atom stereocenters. The van der Waals surface area contributed by atoms with Gasteiger partial charge in [-0.05, 0) is 63.6 Å². The van der Waals surface area contributed by atoms with E-state index in [0.717, 1.165) is 28.3 Å². The van der Waals surface area contributed by atoms with Crippen LogP contribution in [0.1, 0.15) is 26.3 Å². The van der Waals surface area contributed by atoms with E-state index in [1.807, 2.05) is 25.3 Å². The molecule has 0 aliphatic rings. The summed E-state index contributed by atoms with van der Waals surface area (Å²) in [5, 5.41) is 3.52. The maximum atomic E-state index is 13.2. The van der Waals surface area contributed by atoms with Gasteiger partial charge in [-0.1, -0.05) is 6.07 Å². The molecule has 2 heterocycles. The molecule has 4 heteroatoms. The van der Waals surface area contributed by atoms with Gasteiger partial charge in [-0.25, -0.2) is 9.37 Å². The Balaban J connectivity index is 2.26. The van der Waals surface area contributed by atoms with Gasteiger partial charge in [0.05, 0.1) is 0 Å². The lowest BCUT2D eigenvalue weighted by Gasteiger charge is -2.22. The van der Waals surface area contributed by atoms with Crippen molar-refractivity contribution in [3.63, 3.8) is 0 Å². The van der Waals surface area contributed by atoms with E-state index in [2.05, 4.69) is 30.5 Å². The minimum atomic E-state index is -0.242. The predicted molar refractivity (Wildman–Crippen MR) is 88.7 cm³/mol. The standard InChI is InChI=1S/C18H20FN3/c1-12-6-5-11-22-16(12)20-15(17(22)21-18(2,3)4)13-7-9-14(19)10-8-13/h5-11,21H,1-4H3. The molecule has 3 nitrogen and oxygen atoms in total. The van der Waals surface area contributed by atoms with Crippen LogP contribution in [0, 0.1) is 12.7 Å². The summed E-state index contributed by atoms with van der Waals surface area (Å²) in [4.78, 5) is 4.77. The maximum absolute atomic E-state index is 13.2. The lowest BCUT2D eigenvalue weighted by molar-refractivity contribution is 0.627. The Bertz CT molecular complexity index is 811. The van der Waals surface area contributed by atoms with Crippen molar-refractivity contribution >= 4 is 11.5 Å². The second kappa shape index (κ2) is 5.13. The molecular weight excluding hydrogens is 277 g/mol. The van der Waals surface area contributed by atoms with Gasteiger partial charge in [0, 0.05) is 17.3 Å². The topological polar surface area (TPSA) is 29.3 Å². The Morgan fingerprint density at radius 1 is 1.09 bits per heavy atom. The van der Waals surface area contributed by atoms with Crippen LogP contribution in [0.4, 0.5) is 10.2 Å². The smallest absolute Gasteiger partial charge is 0.142 e. The highest BCUT2D eigenvalue weighted by Crippen LogP contribution is 2.31. The van der Waals surface area contributed by atoms with Gasteiger partial charge in [0.25, 0.3) is 0 Å². The molecule has 0 bridgehead atoms. The molecule has 1 N–H and O–H groups in total. The number of anilines is 1. The predicted octanol–water partition coefficient (Wildman–Crippen LogP) is 4.66. The maximum Gasteiger partial charge on any atom is 0.142 e. The average Bonchev–Trinajstić information content (AvgIpc) is 2.78. The second-order valence-electron chi connectivity index (χ2n) is 6.58. The molecule has 114 valence electrons. The lowest BCUT2D eigenvalue weighted by atomic mass is 10.1. The number of fused-ring (bicyclic) bond motifs is 1. The van der Waals surface area contributed by atoms with E-state index < -0.39 is 0 Å². The molecule has 0 amide bonds. The molecule has 0 saturated carbocycles. The van der Waals surface area contributed by atoms with Gasteiger partial charge in [-0.15, -0.1) is 0 Å². The van der Waals surface area contributed by atoms with Crippen LogP contribution in [0.5, 0.6) is 0 Å². The minimum Gasteiger partial charge on any atom is -0.365 e. The van der Waals surface area contributed by atoms with Crippen molar-refractivity contribution < 1.29 is 4.39 Å². The average molecular weight is 297 g/mol. The van der Waals surface area contributed by atoms with Gasteiger partial charge in [0.2, 0.25) is 0 Å². The zero-order valence-electron chi connectivity index (χ0n) is 13.3. The van der Waals surface area contributed by atoms with Crippen molar-refractivity contribution in [2.75, 3.05) is 5.32 Å². The number of hydrogen-bond donors (Lipinski definition) is 1. The number of aryl methyl sites for hydroxylation is 1. The summed E-state index contributed by atoms with van der Waals surface area (Å²) in [6.45, 7) is 8.36. The Morgan fingerprint density at radius 2 is 1.77 bits per heavy atom. The molecule has 0 aliphatic heterocycles. The summed E-state index contributed by atoms with van der Waals surface area (Å²) in [6, 6.07) is 10.5. The fraction of sp³-hybridized carbons (Fsp3) is 0.278. The summed E-state index contributed by atoms with van der Waals surface area (Å²) >= 11 is 0. The molecule has 0 spiro atoms. The highest BCUT2D eigenvalue weighted by Gasteiger charge is 2.19. The van der Waals surface area contributed by atoms with E-state index in [1.54, 1.807) is 12.1 Å². The number of benzene rings is 1. The monoisotopic (exact) mass is 297 g/mol. The molecule has 22 heavy (non-hydrogen) atoms. The van der Waals surface area contributed by atoms with Gasteiger partial charge in [0.15, 0.2) is 0 Å². The fourth-order valence-corrected chi connectivity index (χ4v) is 2.49. The number of nitrogens with zero attached hydrogens (tertiary/aromatic N) is 2. The SMILES string of the molecule is Cc1cccn2c(NC(C)(C)C)c(-c3ccc(F)cc3)nc12. The first-order chi connectivity index (χ1) is 10.3. The summed E-state index contributed by atoms with van der Waals surface area (Å²) in [6.07, 6.45) is 2.00. The number of halogens is 1. The summed E-state index contributed by atoms with van der Waals surface area (Å²) in [5.41, 5.74) is 3.65. The van der Waals surface area contributed by atoms with Crippen LogP contribution in [-0.2, 0) is 0 Å². The first-order valence-electron chi connectivity index (χ1n) is 7.37. The highest BCUT2D eigenvalue weighted by molar-refractivity contribution is 5.77. The number of nitrogens with one attached hydrogen (secondary N) is 1. The third-order valence-corrected chi connectivity index (χ3v) is 3.46. The summed E-state index contributed by atoms with van der Waals surface area (Å²) in [7, 11) is 0. The van der Waals surface area contributed by atoms with Crippen molar-refractivity contribution in [1.82, 2.24) is 9.38 Å². The second-order valence-corrected chi connectivity index (χ2v) is 6.58. The van der Waals surface area contributed by atoms with Crippen LogP contribution < -0.4 is 5.32 Å². The van der Waals surface area contributed by atoms with Crippen LogP contribution in [0.25, 0.3) is 16.9 Å². The van der Waals surface area contributed by atoms with Gasteiger partial charge in [-0.2, -0.15) is 0 Å². The Labute approximate surface area is 129 Å². The van der Waals surface area contributed by atoms with Crippen molar-refractivity contribution in [3.05, 3.63) is 54.0 Å².